The Balaban J connectivity index is 2.38. The van der Waals surface area contributed by atoms with Gasteiger partial charge in [0.2, 0.25) is 0 Å². The molecule has 0 atom stereocenters. The van der Waals surface area contributed by atoms with Crippen LogP contribution in [0.5, 0.6) is 0 Å². The molecule has 0 fully saturated rings. The third kappa shape index (κ3) is 2.49. The molecular weight excluding hydrogens is 156 g/mol. The normalized spacial score (nSPS) is 8.75. The summed E-state index contributed by atoms with van der Waals surface area (Å²) in [5, 5.41) is 0. The summed E-state index contributed by atoms with van der Waals surface area (Å²) in [6.07, 6.45) is -0.515. The van der Waals surface area contributed by atoms with Crippen LogP contribution >= 0.6 is 0 Å². The lowest BCUT2D eigenvalue weighted by Crippen LogP contribution is -2.28. The van der Waals surface area contributed by atoms with Gasteiger partial charge in [-0.2, -0.15) is 0 Å². The molecule has 0 aliphatic carbocycles. The second kappa shape index (κ2) is 4.23. The van der Waals surface area contributed by atoms with Crippen LogP contribution in [-0.2, 0) is 4.74 Å². The maximum Gasteiger partial charge on any atom is 0.425 e. The predicted octanol–water partition coefficient (Wildman–Crippen LogP) is 1.37. The summed E-state index contributed by atoms with van der Waals surface area (Å²) in [5.74, 6) is 0. The first-order chi connectivity index (χ1) is 5.83. The predicted molar refractivity (Wildman–Crippen MR) is 45.6 cm³/mol. The van der Waals surface area contributed by atoms with Crippen molar-refractivity contribution in [2.45, 2.75) is 0 Å². The second-order valence-corrected chi connectivity index (χ2v) is 2.11. The minimum atomic E-state index is -0.515. The molecule has 1 amide bonds. The molecule has 1 rings (SSSR count). The Bertz CT molecular complexity index is 248. The molecule has 0 aliphatic heterocycles. The van der Waals surface area contributed by atoms with Crippen LogP contribution in [0.15, 0.2) is 30.3 Å². The fourth-order valence-corrected chi connectivity index (χ4v) is 0.696. The van der Waals surface area contributed by atoms with Crippen LogP contribution < -0.4 is 10.9 Å². The number of para-hydroxylation sites is 1. The van der Waals surface area contributed by atoms with E-state index >= 15 is 0 Å². The standard InChI is InChI=1S/C8H10N2O2/c1-12-8(11)10-9-7-5-3-2-4-6-7/h2-6,9H,1H3,(H,10,11). The fourth-order valence-electron chi connectivity index (χ4n) is 0.696. The highest BCUT2D eigenvalue weighted by atomic mass is 16.5. The van der Waals surface area contributed by atoms with E-state index < -0.39 is 6.09 Å². The number of rotatable bonds is 2. The Hall–Kier alpha value is -1.71. The average Bonchev–Trinajstić information content (AvgIpc) is 2.16. The van der Waals surface area contributed by atoms with Gasteiger partial charge in [0.1, 0.15) is 0 Å². The summed E-state index contributed by atoms with van der Waals surface area (Å²) in [4.78, 5) is 10.6. The number of hydrogen-bond donors (Lipinski definition) is 2. The number of methoxy groups -OCH3 is 1. The first-order valence-corrected chi connectivity index (χ1v) is 3.48. The van der Waals surface area contributed by atoms with Crippen LogP contribution in [0.2, 0.25) is 0 Å². The number of carbonyl (C=O) groups excluding carboxylic acids is 1. The molecule has 1 aromatic rings. The van der Waals surface area contributed by atoms with Gasteiger partial charge in [0.15, 0.2) is 0 Å². The molecule has 0 saturated carbocycles. The Labute approximate surface area is 70.5 Å². The van der Waals surface area contributed by atoms with Crippen molar-refractivity contribution >= 4 is 11.8 Å². The highest BCUT2D eigenvalue weighted by Crippen LogP contribution is 2.02. The fraction of sp³-hybridized carbons (Fsp3) is 0.125. The maximum absolute atomic E-state index is 10.6. The van der Waals surface area contributed by atoms with E-state index in [9.17, 15) is 4.79 Å². The molecule has 0 saturated heterocycles. The molecule has 64 valence electrons. The molecule has 12 heavy (non-hydrogen) atoms. The Morgan fingerprint density at radius 2 is 2.00 bits per heavy atom. The molecule has 0 spiro atoms. The van der Waals surface area contributed by atoms with Gasteiger partial charge >= 0.3 is 6.09 Å². The largest absolute Gasteiger partial charge is 0.452 e. The molecule has 2 N–H and O–H groups in total. The van der Waals surface area contributed by atoms with Crippen LogP contribution in [0, 0.1) is 0 Å². The van der Waals surface area contributed by atoms with Gasteiger partial charge in [0.25, 0.3) is 0 Å². The summed E-state index contributed by atoms with van der Waals surface area (Å²) in [5.41, 5.74) is 5.82. The third-order valence-electron chi connectivity index (χ3n) is 1.27. The first kappa shape index (κ1) is 8.39. The van der Waals surface area contributed by atoms with Gasteiger partial charge in [-0.15, -0.1) is 0 Å². The number of benzene rings is 1. The van der Waals surface area contributed by atoms with E-state index in [1.54, 1.807) is 0 Å². The van der Waals surface area contributed by atoms with Crippen molar-refractivity contribution in [1.29, 1.82) is 0 Å². The van der Waals surface area contributed by atoms with Crippen LogP contribution in [0.3, 0.4) is 0 Å². The highest BCUT2D eigenvalue weighted by molar-refractivity contribution is 5.69. The summed E-state index contributed by atoms with van der Waals surface area (Å²) in [6.45, 7) is 0. The molecule has 0 bridgehead atoms. The van der Waals surface area contributed by atoms with Crippen molar-refractivity contribution in [3.8, 4) is 0 Å². The van der Waals surface area contributed by atoms with E-state index in [-0.39, 0.29) is 0 Å². The zero-order chi connectivity index (χ0) is 8.81. The van der Waals surface area contributed by atoms with Crippen LogP contribution in [0.25, 0.3) is 0 Å². The second-order valence-electron chi connectivity index (χ2n) is 2.11. The van der Waals surface area contributed by atoms with Crippen molar-refractivity contribution in [1.82, 2.24) is 5.43 Å². The van der Waals surface area contributed by atoms with E-state index in [4.69, 9.17) is 0 Å². The summed E-state index contributed by atoms with van der Waals surface area (Å²) in [7, 11) is 1.31. The van der Waals surface area contributed by atoms with Gasteiger partial charge < -0.3 is 4.74 Å². The molecule has 0 heterocycles. The van der Waals surface area contributed by atoms with Gasteiger partial charge in [-0.25, -0.2) is 10.2 Å². The van der Waals surface area contributed by atoms with Gasteiger partial charge in [0, 0.05) is 0 Å². The summed E-state index contributed by atoms with van der Waals surface area (Å²) >= 11 is 0. The molecule has 0 radical (unpaired) electrons. The number of hydrazine groups is 1. The SMILES string of the molecule is COC(=O)NNc1ccccc1. The lowest BCUT2D eigenvalue weighted by Gasteiger charge is -2.05. The van der Waals surface area contributed by atoms with Crippen LogP contribution in [-0.4, -0.2) is 13.2 Å². The molecule has 0 unspecified atom stereocenters. The van der Waals surface area contributed by atoms with Crippen LogP contribution in [0.1, 0.15) is 0 Å². The topological polar surface area (TPSA) is 50.4 Å². The Morgan fingerprint density at radius 3 is 2.58 bits per heavy atom. The summed E-state index contributed by atoms with van der Waals surface area (Å²) in [6, 6.07) is 9.28. The number of anilines is 1. The molecule has 4 heteroatoms. The van der Waals surface area contributed by atoms with E-state index in [2.05, 4.69) is 15.6 Å². The van der Waals surface area contributed by atoms with Gasteiger partial charge in [0.05, 0.1) is 12.8 Å². The number of carbonyl (C=O) groups is 1. The van der Waals surface area contributed by atoms with E-state index in [0.29, 0.717) is 0 Å². The summed E-state index contributed by atoms with van der Waals surface area (Å²) < 4.78 is 4.36. The first-order valence-electron chi connectivity index (χ1n) is 3.48. The Morgan fingerprint density at radius 1 is 1.33 bits per heavy atom. The maximum atomic E-state index is 10.6. The lowest BCUT2D eigenvalue weighted by molar-refractivity contribution is 0.173. The zero-order valence-electron chi connectivity index (χ0n) is 6.70. The third-order valence-corrected chi connectivity index (χ3v) is 1.27. The van der Waals surface area contributed by atoms with E-state index in [1.165, 1.54) is 7.11 Å². The minimum Gasteiger partial charge on any atom is -0.452 e. The monoisotopic (exact) mass is 166 g/mol. The van der Waals surface area contributed by atoms with E-state index in [1.807, 2.05) is 30.3 Å². The smallest absolute Gasteiger partial charge is 0.425 e. The van der Waals surface area contributed by atoms with Gasteiger partial charge in [-0.05, 0) is 12.1 Å². The number of hydrogen-bond acceptors (Lipinski definition) is 3. The molecular formula is C8H10N2O2. The highest BCUT2D eigenvalue weighted by Gasteiger charge is 1.94. The van der Waals surface area contributed by atoms with Gasteiger partial charge in [-0.1, -0.05) is 18.2 Å². The average molecular weight is 166 g/mol. The molecule has 0 aliphatic rings. The van der Waals surface area contributed by atoms with Crippen molar-refractivity contribution in [3.63, 3.8) is 0 Å². The van der Waals surface area contributed by atoms with E-state index in [0.717, 1.165) is 5.69 Å². The quantitative estimate of drug-likeness (QED) is 0.652. The zero-order valence-corrected chi connectivity index (χ0v) is 6.70. The number of amides is 1. The number of ether oxygens (including phenoxy) is 1. The lowest BCUT2D eigenvalue weighted by atomic mass is 10.3. The van der Waals surface area contributed by atoms with Crippen LogP contribution in [0.4, 0.5) is 10.5 Å². The molecule has 0 aromatic heterocycles. The van der Waals surface area contributed by atoms with Crippen molar-refractivity contribution in [3.05, 3.63) is 30.3 Å². The molecule has 1 aromatic carbocycles. The minimum absolute atomic E-state index is 0.515. The number of nitrogens with one attached hydrogen (secondary N) is 2. The van der Waals surface area contributed by atoms with Crippen molar-refractivity contribution in [2.75, 3.05) is 12.5 Å². The van der Waals surface area contributed by atoms with Crippen molar-refractivity contribution in [2.24, 2.45) is 0 Å². The molecule has 4 nitrogen and oxygen atoms in total. The van der Waals surface area contributed by atoms with Gasteiger partial charge in [-0.3, -0.25) is 5.43 Å². The van der Waals surface area contributed by atoms with Crippen molar-refractivity contribution < 1.29 is 9.53 Å². The Kier molecular flexibility index (Phi) is 2.95.